The second-order valence-electron chi connectivity index (χ2n) is 6.58. The topological polar surface area (TPSA) is 89.3 Å². The highest BCUT2D eigenvalue weighted by Crippen LogP contribution is 2.32. The van der Waals surface area contributed by atoms with Crippen LogP contribution >= 0.6 is 0 Å². The number of sulfone groups is 1. The highest BCUT2D eigenvalue weighted by Gasteiger charge is 2.37. The molecular formula is C17H23N3O4S2. The molecule has 2 heterocycles. The Balaban J connectivity index is 1.95. The van der Waals surface area contributed by atoms with Gasteiger partial charge in [0.1, 0.15) is 4.90 Å². The Morgan fingerprint density at radius 3 is 2.35 bits per heavy atom. The van der Waals surface area contributed by atoms with Crippen LogP contribution in [0, 0.1) is 13.8 Å². The van der Waals surface area contributed by atoms with Gasteiger partial charge in [-0.3, -0.25) is 4.68 Å². The van der Waals surface area contributed by atoms with Crippen LogP contribution in [0.25, 0.3) is 0 Å². The van der Waals surface area contributed by atoms with E-state index in [2.05, 4.69) is 5.10 Å². The van der Waals surface area contributed by atoms with Crippen LogP contribution in [0.1, 0.15) is 28.6 Å². The number of aryl methyl sites for hydroxylation is 2. The molecule has 3 rings (SSSR count). The average Bonchev–Trinajstić information content (AvgIpc) is 2.73. The molecule has 9 heteroatoms. The van der Waals surface area contributed by atoms with Crippen LogP contribution in [-0.2, 0) is 26.9 Å². The molecule has 142 valence electrons. The monoisotopic (exact) mass is 397 g/mol. The maximum absolute atomic E-state index is 13.1. The number of sulfonamides is 1. The second-order valence-corrected chi connectivity index (χ2v) is 10.8. The summed E-state index contributed by atoms with van der Waals surface area (Å²) in [6, 6.07) is 8.99. The Morgan fingerprint density at radius 1 is 1.12 bits per heavy atom. The molecule has 0 radical (unpaired) electrons. The molecule has 1 saturated heterocycles. The third-order valence-electron chi connectivity index (χ3n) is 4.91. The predicted molar refractivity (Wildman–Crippen MR) is 99.0 cm³/mol. The average molecular weight is 398 g/mol. The lowest BCUT2D eigenvalue weighted by Gasteiger charge is -2.20. The number of benzene rings is 1. The summed E-state index contributed by atoms with van der Waals surface area (Å²) < 4.78 is 54.5. The summed E-state index contributed by atoms with van der Waals surface area (Å²) in [4.78, 5) is 0.176. The van der Waals surface area contributed by atoms with Gasteiger partial charge in [-0.25, -0.2) is 16.8 Å². The minimum atomic E-state index is -3.80. The highest BCUT2D eigenvalue weighted by molar-refractivity contribution is 7.92. The third-order valence-corrected chi connectivity index (χ3v) is 9.19. The maximum Gasteiger partial charge on any atom is 0.246 e. The molecule has 0 saturated carbocycles. The van der Waals surface area contributed by atoms with Gasteiger partial charge in [0.2, 0.25) is 10.0 Å². The largest absolute Gasteiger partial charge is 0.271 e. The molecule has 1 aromatic carbocycles. The zero-order chi connectivity index (χ0) is 19.1. The molecule has 7 nitrogen and oxygen atoms in total. The van der Waals surface area contributed by atoms with Crippen LogP contribution in [0.5, 0.6) is 0 Å². The van der Waals surface area contributed by atoms with E-state index in [0.29, 0.717) is 17.0 Å². The van der Waals surface area contributed by atoms with Gasteiger partial charge in [0.15, 0.2) is 9.84 Å². The van der Waals surface area contributed by atoms with E-state index in [1.807, 2.05) is 6.07 Å². The molecule has 1 fully saturated rings. The first-order chi connectivity index (χ1) is 12.1. The van der Waals surface area contributed by atoms with Crippen LogP contribution in [0.2, 0.25) is 0 Å². The molecule has 26 heavy (non-hydrogen) atoms. The van der Waals surface area contributed by atoms with Gasteiger partial charge in [-0.1, -0.05) is 30.3 Å². The number of aromatic nitrogens is 2. The lowest BCUT2D eigenvalue weighted by atomic mass is 10.1. The molecule has 1 unspecified atom stereocenters. The zero-order valence-electron chi connectivity index (χ0n) is 15.1. The van der Waals surface area contributed by atoms with E-state index in [9.17, 15) is 16.8 Å². The Labute approximate surface area is 154 Å². The van der Waals surface area contributed by atoms with Crippen molar-refractivity contribution in [3.8, 4) is 0 Å². The minimum Gasteiger partial charge on any atom is -0.271 e. The molecule has 0 amide bonds. The van der Waals surface area contributed by atoms with Crippen molar-refractivity contribution in [2.45, 2.75) is 30.4 Å². The van der Waals surface area contributed by atoms with Crippen molar-refractivity contribution in [2.24, 2.45) is 7.05 Å². The fourth-order valence-electron chi connectivity index (χ4n) is 3.46. The van der Waals surface area contributed by atoms with Gasteiger partial charge in [-0.15, -0.1) is 0 Å². The summed E-state index contributed by atoms with van der Waals surface area (Å²) >= 11 is 0. The minimum absolute atomic E-state index is 0.0399. The number of hydrogen-bond acceptors (Lipinski definition) is 5. The Kier molecular flexibility index (Phi) is 4.98. The van der Waals surface area contributed by atoms with Gasteiger partial charge >= 0.3 is 0 Å². The summed E-state index contributed by atoms with van der Waals surface area (Å²) in [7, 11) is -5.53. The van der Waals surface area contributed by atoms with Crippen LogP contribution in [-0.4, -0.2) is 49.8 Å². The molecule has 0 spiro atoms. The van der Waals surface area contributed by atoms with Gasteiger partial charge < -0.3 is 0 Å². The van der Waals surface area contributed by atoms with E-state index in [0.717, 1.165) is 0 Å². The lowest BCUT2D eigenvalue weighted by Crippen LogP contribution is -2.34. The normalized spacial score (nSPS) is 21.4. The van der Waals surface area contributed by atoms with E-state index in [1.54, 1.807) is 45.2 Å². The second kappa shape index (κ2) is 6.79. The van der Waals surface area contributed by atoms with Gasteiger partial charge in [0.05, 0.1) is 22.4 Å². The van der Waals surface area contributed by atoms with Crippen molar-refractivity contribution in [3.63, 3.8) is 0 Å². The molecule has 2 aromatic rings. The van der Waals surface area contributed by atoms with E-state index in [1.165, 1.54) is 8.99 Å². The summed E-state index contributed by atoms with van der Waals surface area (Å²) in [6.07, 6.45) is 0.240. The van der Waals surface area contributed by atoms with E-state index in [-0.39, 0.29) is 30.2 Å². The molecule has 1 aliphatic heterocycles. The van der Waals surface area contributed by atoms with Crippen molar-refractivity contribution in [1.29, 1.82) is 0 Å². The van der Waals surface area contributed by atoms with Crippen molar-refractivity contribution < 1.29 is 16.8 Å². The molecule has 1 aliphatic rings. The number of rotatable bonds is 3. The predicted octanol–water partition coefficient (Wildman–Crippen LogP) is 1.59. The zero-order valence-corrected chi connectivity index (χ0v) is 16.7. The molecule has 1 atom stereocenters. The highest BCUT2D eigenvalue weighted by atomic mass is 32.2. The van der Waals surface area contributed by atoms with Crippen molar-refractivity contribution in [3.05, 3.63) is 47.3 Å². The summed E-state index contributed by atoms with van der Waals surface area (Å²) in [5.74, 6) is -0.190. The van der Waals surface area contributed by atoms with Crippen LogP contribution in [0.3, 0.4) is 0 Å². The van der Waals surface area contributed by atoms with Gasteiger partial charge in [0.25, 0.3) is 0 Å². The van der Waals surface area contributed by atoms with Gasteiger partial charge in [-0.2, -0.15) is 9.40 Å². The van der Waals surface area contributed by atoms with E-state index < -0.39 is 25.1 Å². The van der Waals surface area contributed by atoms with Crippen LogP contribution in [0.4, 0.5) is 0 Å². The van der Waals surface area contributed by atoms with Crippen LogP contribution in [0.15, 0.2) is 35.2 Å². The summed E-state index contributed by atoms with van der Waals surface area (Å²) in [6.45, 7) is 3.48. The summed E-state index contributed by atoms with van der Waals surface area (Å²) in [5, 5.41) is 3.50. The third kappa shape index (κ3) is 3.30. The van der Waals surface area contributed by atoms with Gasteiger partial charge in [-0.05, 0) is 25.8 Å². The molecule has 0 N–H and O–H groups in total. The summed E-state index contributed by atoms with van der Waals surface area (Å²) in [5.41, 5.74) is 1.69. The molecular weight excluding hydrogens is 374 g/mol. The Bertz CT molecular complexity index is 1010. The fourth-order valence-corrected chi connectivity index (χ4v) is 7.23. The van der Waals surface area contributed by atoms with Crippen molar-refractivity contribution in [1.82, 2.24) is 14.1 Å². The lowest BCUT2D eigenvalue weighted by molar-refractivity contribution is 0.427. The first-order valence-corrected chi connectivity index (χ1v) is 11.6. The first-order valence-electron chi connectivity index (χ1n) is 8.41. The molecule has 0 bridgehead atoms. The van der Waals surface area contributed by atoms with Crippen molar-refractivity contribution in [2.75, 3.05) is 18.8 Å². The SMILES string of the molecule is Cc1nn(C)c(C)c1S(=O)(=O)N1CCC(c2ccccc2)S(=O)(=O)CC1. The molecule has 1 aromatic heterocycles. The fraction of sp³-hybridized carbons (Fsp3) is 0.471. The maximum atomic E-state index is 13.1. The smallest absolute Gasteiger partial charge is 0.246 e. The number of nitrogens with zero attached hydrogens (tertiary/aromatic N) is 3. The standard InChI is InChI=1S/C17H23N3O4S2/c1-13-17(14(2)19(3)18-13)26(23,24)20-10-9-16(25(21,22)12-11-20)15-7-5-4-6-8-15/h4-8,16H,9-12H2,1-3H3. The van der Waals surface area contributed by atoms with E-state index in [4.69, 9.17) is 0 Å². The quantitative estimate of drug-likeness (QED) is 0.785. The van der Waals surface area contributed by atoms with Gasteiger partial charge in [0, 0.05) is 20.1 Å². The number of hydrogen-bond donors (Lipinski definition) is 0. The Hall–Kier alpha value is -1.71. The Morgan fingerprint density at radius 2 is 1.77 bits per heavy atom. The van der Waals surface area contributed by atoms with E-state index >= 15 is 0 Å². The molecule has 0 aliphatic carbocycles. The first kappa shape index (κ1) is 19.1. The van der Waals surface area contributed by atoms with Crippen LogP contribution < -0.4 is 0 Å². The van der Waals surface area contributed by atoms with Crippen molar-refractivity contribution >= 4 is 19.9 Å².